The van der Waals surface area contributed by atoms with Crippen LogP contribution in [0.3, 0.4) is 0 Å². The number of hydrogen-bond donors (Lipinski definition) is 5. The first-order chi connectivity index (χ1) is 22.4. The zero-order valence-corrected chi connectivity index (χ0v) is 27.0. The number of ether oxygens (including phenoxy) is 1. The first kappa shape index (κ1) is 36.4. The van der Waals surface area contributed by atoms with E-state index < -0.39 is 0 Å². The number of anilines is 2. The summed E-state index contributed by atoms with van der Waals surface area (Å²) >= 11 is 0. The number of nitrogens with zero attached hydrogens (tertiary/aromatic N) is 4. The predicted molar refractivity (Wildman–Crippen MR) is 178 cm³/mol. The van der Waals surface area contributed by atoms with Gasteiger partial charge in [-0.25, -0.2) is 9.67 Å². The van der Waals surface area contributed by atoms with Gasteiger partial charge in [0, 0.05) is 68.3 Å². The number of amides is 2. The van der Waals surface area contributed by atoms with E-state index in [-0.39, 0.29) is 30.9 Å². The van der Waals surface area contributed by atoms with Crippen molar-refractivity contribution in [2.45, 2.75) is 77.4 Å². The van der Waals surface area contributed by atoms with Gasteiger partial charge in [-0.15, -0.1) is 0 Å². The summed E-state index contributed by atoms with van der Waals surface area (Å²) in [6.45, 7) is 6.19. The smallest absolute Gasteiger partial charge is 0.290 e. The van der Waals surface area contributed by atoms with E-state index in [0.717, 1.165) is 93.5 Å². The minimum absolute atomic E-state index is 0.0151. The maximum Gasteiger partial charge on any atom is 0.290 e. The topological polar surface area (TPSA) is 171 Å². The maximum absolute atomic E-state index is 13.0. The van der Waals surface area contributed by atoms with Crippen LogP contribution in [-0.2, 0) is 27.4 Å². The lowest BCUT2D eigenvalue weighted by atomic mass is 10.1. The molecule has 5 N–H and O–H groups in total. The number of benzene rings is 1. The average Bonchev–Trinajstić information content (AvgIpc) is 3.49. The molecule has 0 atom stereocenters. The van der Waals surface area contributed by atoms with Gasteiger partial charge in [-0.3, -0.25) is 14.4 Å². The Morgan fingerprint density at radius 2 is 1.76 bits per heavy atom. The molecule has 4 rings (SSSR count). The number of carbonyl (C=O) groups excluding carboxylic acids is 2. The molecule has 3 heterocycles. The van der Waals surface area contributed by atoms with E-state index in [0.29, 0.717) is 30.8 Å². The minimum Gasteiger partial charge on any atom is -0.483 e. The summed E-state index contributed by atoms with van der Waals surface area (Å²) < 4.78 is 7.40. The number of aromatic nitrogens is 3. The summed E-state index contributed by atoms with van der Waals surface area (Å²) in [5.74, 6) is -0.208. The fourth-order valence-electron chi connectivity index (χ4n) is 5.34. The van der Waals surface area contributed by atoms with E-state index in [4.69, 9.17) is 19.7 Å². The number of carboxylic acid groups (broad SMARTS) is 1. The number of aliphatic hydroxyl groups is 1. The SMILES string of the molecule is CCn1ncc2c(NC3CCOCC3)c(CNC(=O)c3ccc(NC(=O)CCCCCCCN(C)CCO)cc3)cnc21.O=CO. The molecule has 2 amide bonds. The van der Waals surface area contributed by atoms with Crippen LogP contribution >= 0.6 is 0 Å². The van der Waals surface area contributed by atoms with Crippen LogP contribution < -0.4 is 16.0 Å². The van der Waals surface area contributed by atoms with Crippen LogP contribution in [0, 0.1) is 0 Å². The lowest BCUT2D eigenvalue weighted by molar-refractivity contribution is -0.123. The first-order valence-electron chi connectivity index (χ1n) is 16.1. The number of likely N-dealkylation sites (N-methyl/N-ethyl adjacent to an activating group) is 1. The van der Waals surface area contributed by atoms with Crippen molar-refractivity contribution in [3.05, 3.63) is 47.8 Å². The molecular weight excluding hydrogens is 590 g/mol. The monoisotopic (exact) mass is 639 g/mol. The highest BCUT2D eigenvalue weighted by Crippen LogP contribution is 2.28. The molecular formula is C33H49N7O6. The van der Waals surface area contributed by atoms with Gasteiger partial charge in [-0.05, 0) is 70.5 Å². The summed E-state index contributed by atoms with van der Waals surface area (Å²) in [7, 11) is 2.02. The first-order valence-corrected chi connectivity index (χ1v) is 16.1. The molecule has 2 aromatic heterocycles. The van der Waals surface area contributed by atoms with Crippen LogP contribution in [0.2, 0.25) is 0 Å². The molecule has 0 saturated carbocycles. The molecule has 13 heteroatoms. The average molecular weight is 640 g/mol. The second kappa shape index (κ2) is 20.1. The Morgan fingerprint density at radius 3 is 2.46 bits per heavy atom. The van der Waals surface area contributed by atoms with Crippen LogP contribution in [0.15, 0.2) is 36.7 Å². The molecule has 0 unspecified atom stereocenters. The van der Waals surface area contributed by atoms with E-state index in [1.54, 1.807) is 24.3 Å². The minimum atomic E-state index is -0.250. The van der Waals surface area contributed by atoms with Crippen LogP contribution in [-0.4, -0.2) is 94.2 Å². The third-order valence-corrected chi connectivity index (χ3v) is 7.91. The van der Waals surface area contributed by atoms with Gasteiger partial charge in [-0.1, -0.05) is 19.3 Å². The quantitative estimate of drug-likeness (QED) is 0.108. The Hall–Kier alpha value is -4.07. The van der Waals surface area contributed by atoms with Crippen molar-refractivity contribution in [2.24, 2.45) is 0 Å². The third-order valence-electron chi connectivity index (χ3n) is 7.91. The standard InChI is InChI=1S/C32H47N7O4.CH2O2/c1-3-39-31-28(23-35-39)30(37-27-14-19-43-20-15-27)25(21-33-31)22-34-32(42)24-10-12-26(13-11-24)36-29(41)9-7-5-4-6-8-16-38(2)17-18-40;2-1-3/h10-13,21,23,27,40H,3-9,14-20,22H2,1-2H3,(H,33,37)(H,34,42)(H,36,41);1H,(H,2,3). The summed E-state index contributed by atoms with van der Waals surface area (Å²) in [6, 6.07) is 7.28. The lowest BCUT2D eigenvalue weighted by Crippen LogP contribution is -2.29. The molecule has 252 valence electrons. The molecule has 0 bridgehead atoms. The summed E-state index contributed by atoms with van der Waals surface area (Å²) in [5.41, 5.74) is 3.89. The maximum atomic E-state index is 13.0. The predicted octanol–water partition coefficient (Wildman–Crippen LogP) is 3.88. The van der Waals surface area contributed by atoms with Crippen molar-refractivity contribution < 1.29 is 29.3 Å². The molecule has 46 heavy (non-hydrogen) atoms. The van der Waals surface area contributed by atoms with E-state index in [1.807, 2.05) is 31.0 Å². The van der Waals surface area contributed by atoms with Crippen LogP contribution in [0.1, 0.15) is 74.2 Å². The van der Waals surface area contributed by atoms with Crippen molar-refractivity contribution in [1.82, 2.24) is 25.0 Å². The number of aryl methyl sites for hydroxylation is 1. The summed E-state index contributed by atoms with van der Waals surface area (Å²) in [4.78, 5) is 40.5. The fraction of sp³-hybridized carbons (Fsp3) is 0.545. The lowest BCUT2D eigenvalue weighted by Gasteiger charge is -2.25. The van der Waals surface area contributed by atoms with Crippen molar-refractivity contribution in [3.8, 4) is 0 Å². The molecule has 1 aliphatic heterocycles. The largest absolute Gasteiger partial charge is 0.483 e. The molecule has 1 aliphatic rings. The number of nitrogens with one attached hydrogen (secondary N) is 3. The highest BCUT2D eigenvalue weighted by molar-refractivity contribution is 5.96. The zero-order valence-electron chi connectivity index (χ0n) is 27.0. The van der Waals surface area contributed by atoms with Crippen molar-refractivity contribution >= 4 is 40.7 Å². The molecule has 13 nitrogen and oxygen atoms in total. The molecule has 3 aromatic rings. The van der Waals surface area contributed by atoms with Crippen LogP contribution in [0.4, 0.5) is 11.4 Å². The van der Waals surface area contributed by atoms with E-state index in [2.05, 4.69) is 30.9 Å². The highest BCUT2D eigenvalue weighted by atomic mass is 16.5. The number of unbranched alkanes of at least 4 members (excludes halogenated alkanes) is 4. The fourth-order valence-corrected chi connectivity index (χ4v) is 5.34. The number of rotatable bonds is 17. The van der Waals surface area contributed by atoms with Crippen molar-refractivity contribution in [3.63, 3.8) is 0 Å². The Labute approximate surface area is 270 Å². The van der Waals surface area contributed by atoms with Gasteiger partial charge in [0.2, 0.25) is 5.91 Å². The summed E-state index contributed by atoms with van der Waals surface area (Å²) in [6.07, 6.45) is 11.2. The number of carbonyl (C=O) groups is 3. The number of fused-ring (bicyclic) bond motifs is 1. The summed E-state index contributed by atoms with van der Waals surface area (Å²) in [5, 5.41) is 30.9. The second-order valence-corrected chi connectivity index (χ2v) is 11.3. The Kier molecular flexibility index (Phi) is 15.9. The van der Waals surface area contributed by atoms with Gasteiger partial charge in [0.1, 0.15) is 0 Å². The van der Waals surface area contributed by atoms with E-state index >= 15 is 0 Å². The van der Waals surface area contributed by atoms with Crippen LogP contribution in [0.5, 0.6) is 0 Å². The van der Waals surface area contributed by atoms with Crippen molar-refractivity contribution in [2.75, 3.05) is 50.6 Å². The Morgan fingerprint density at radius 1 is 1.07 bits per heavy atom. The molecule has 1 fully saturated rings. The molecule has 0 radical (unpaired) electrons. The van der Waals surface area contributed by atoms with Gasteiger partial charge in [0.25, 0.3) is 12.4 Å². The van der Waals surface area contributed by atoms with Gasteiger partial charge < -0.3 is 35.8 Å². The Balaban J connectivity index is 0.00000185. The normalized spacial score (nSPS) is 13.2. The van der Waals surface area contributed by atoms with E-state index in [1.165, 1.54) is 0 Å². The van der Waals surface area contributed by atoms with Gasteiger partial charge in [-0.2, -0.15) is 5.10 Å². The van der Waals surface area contributed by atoms with Gasteiger partial charge in [0.05, 0.1) is 23.9 Å². The van der Waals surface area contributed by atoms with Crippen LogP contribution in [0.25, 0.3) is 11.0 Å². The van der Waals surface area contributed by atoms with E-state index in [9.17, 15) is 9.59 Å². The molecule has 1 saturated heterocycles. The third kappa shape index (κ3) is 11.7. The van der Waals surface area contributed by atoms with Crippen molar-refractivity contribution in [1.29, 1.82) is 0 Å². The Bertz CT molecular complexity index is 1360. The number of aliphatic hydroxyl groups excluding tert-OH is 1. The highest BCUT2D eigenvalue weighted by Gasteiger charge is 2.19. The number of pyridine rings is 1. The molecule has 1 aromatic carbocycles. The second-order valence-electron chi connectivity index (χ2n) is 11.3. The molecule has 0 aliphatic carbocycles. The number of hydrogen-bond acceptors (Lipinski definition) is 9. The molecule has 0 spiro atoms. The van der Waals surface area contributed by atoms with Gasteiger partial charge in [0.15, 0.2) is 5.65 Å². The van der Waals surface area contributed by atoms with Gasteiger partial charge >= 0.3 is 0 Å². The zero-order chi connectivity index (χ0) is 33.1.